The summed E-state index contributed by atoms with van der Waals surface area (Å²) in [6.07, 6.45) is 3.00. The van der Waals surface area contributed by atoms with E-state index in [0.717, 1.165) is 11.1 Å². The lowest BCUT2D eigenvalue weighted by atomic mass is 9.73. The number of fused-ring (bicyclic) bond motifs is 1. The van der Waals surface area contributed by atoms with Gasteiger partial charge in [0.2, 0.25) is 11.8 Å². The maximum absolute atomic E-state index is 13.4. The summed E-state index contributed by atoms with van der Waals surface area (Å²) in [5.74, 6) is 0.431. The summed E-state index contributed by atoms with van der Waals surface area (Å²) >= 11 is 0. The van der Waals surface area contributed by atoms with Crippen molar-refractivity contribution in [3.8, 4) is 11.6 Å². The molecular formula is C24H21N3O3. The van der Waals surface area contributed by atoms with Crippen molar-refractivity contribution in [1.82, 2.24) is 9.97 Å². The molecule has 150 valence electrons. The number of benzene rings is 2. The number of rotatable bonds is 4. The first-order valence-electron chi connectivity index (χ1n) is 10.0. The first-order valence-corrected chi connectivity index (χ1v) is 10.0. The van der Waals surface area contributed by atoms with Crippen molar-refractivity contribution in [3.63, 3.8) is 0 Å². The minimum Gasteiger partial charge on any atom is -0.435 e. The molecule has 5 rings (SSSR count). The minimum absolute atomic E-state index is 0.0270. The monoisotopic (exact) mass is 399 g/mol. The van der Waals surface area contributed by atoms with E-state index in [1.54, 1.807) is 6.20 Å². The fraction of sp³-hybridized carbons (Fsp3) is 0.208. The SMILES string of the molecule is O=C(Nc1ccc2nc(-c3ccccn3)oc2c1)C1(c2ccccc2)CCOCC1. The molecule has 1 aliphatic rings. The van der Waals surface area contributed by atoms with Gasteiger partial charge in [0.15, 0.2) is 5.58 Å². The molecule has 1 aliphatic heterocycles. The van der Waals surface area contributed by atoms with Crippen LogP contribution in [0.4, 0.5) is 5.69 Å². The van der Waals surface area contributed by atoms with E-state index in [1.807, 2.05) is 66.7 Å². The summed E-state index contributed by atoms with van der Waals surface area (Å²) in [7, 11) is 0. The Bertz CT molecular complexity index is 1170. The first kappa shape index (κ1) is 18.5. The Labute approximate surface area is 173 Å². The highest BCUT2D eigenvalue weighted by atomic mass is 16.5. The van der Waals surface area contributed by atoms with Crippen LogP contribution in [0.2, 0.25) is 0 Å². The van der Waals surface area contributed by atoms with Crippen molar-refractivity contribution in [2.45, 2.75) is 18.3 Å². The molecule has 0 bridgehead atoms. The van der Waals surface area contributed by atoms with E-state index >= 15 is 0 Å². The van der Waals surface area contributed by atoms with Crippen LogP contribution in [0.5, 0.6) is 0 Å². The van der Waals surface area contributed by atoms with Crippen LogP contribution in [0.1, 0.15) is 18.4 Å². The van der Waals surface area contributed by atoms with E-state index in [2.05, 4.69) is 15.3 Å². The van der Waals surface area contributed by atoms with Crippen molar-refractivity contribution >= 4 is 22.7 Å². The maximum Gasteiger partial charge on any atom is 0.246 e. The number of amides is 1. The second kappa shape index (κ2) is 7.72. The number of nitrogens with one attached hydrogen (secondary N) is 1. The summed E-state index contributed by atoms with van der Waals surface area (Å²) < 4.78 is 11.4. The molecule has 3 heterocycles. The average Bonchev–Trinajstić information content (AvgIpc) is 3.24. The van der Waals surface area contributed by atoms with Gasteiger partial charge in [-0.2, -0.15) is 0 Å². The summed E-state index contributed by atoms with van der Waals surface area (Å²) in [6.45, 7) is 1.13. The van der Waals surface area contributed by atoms with Gasteiger partial charge < -0.3 is 14.5 Å². The predicted molar refractivity (Wildman–Crippen MR) is 114 cm³/mol. The first-order chi connectivity index (χ1) is 14.7. The maximum atomic E-state index is 13.4. The van der Waals surface area contributed by atoms with Crippen LogP contribution >= 0.6 is 0 Å². The molecule has 0 unspecified atom stereocenters. The zero-order valence-corrected chi connectivity index (χ0v) is 16.4. The molecule has 0 saturated carbocycles. The Balaban J connectivity index is 1.44. The number of hydrogen-bond acceptors (Lipinski definition) is 5. The van der Waals surface area contributed by atoms with Crippen LogP contribution in [0.15, 0.2) is 77.3 Å². The van der Waals surface area contributed by atoms with Crippen LogP contribution in [0.3, 0.4) is 0 Å². The van der Waals surface area contributed by atoms with Gasteiger partial charge in [0, 0.05) is 31.2 Å². The molecule has 30 heavy (non-hydrogen) atoms. The van der Waals surface area contributed by atoms with E-state index in [4.69, 9.17) is 9.15 Å². The van der Waals surface area contributed by atoms with Crippen molar-refractivity contribution in [2.75, 3.05) is 18.5 Å². The molecule has 1 fully saturated rings. The third-order valence-electron chi connectivity index (χ3n) is 5.64. The third kappa shape index (κ3) is 3.35. The molecule has 0 spiro atoms. The number of oxazole rings is 1. The van der Waals surface area contributed by atoms with Gasteiger partial charge in [-0.05, 0) is 42.7 Å². The molecule has 0 radical (unpaired) electrons. The average molecular weight is 399 g/mol. The van der Waals surface area contributed by atoms with E-state index in [0.29, 0.717) is 48.9 Å². The van der Waals surface area contributed by atoms with E-state index < -0.39 is 5.41 Å². The standard InChI is InChI=1S/C24H21N3O3/c28-23(24(11-14-29-15-12-24)17-6-2-1-3-7-17)26-18-9-10-19-21(16-18)30-22(27-19)20-8-4-5-13-25-20/h1-10,13,16H,11-12,14-15H2,(H,26,28). The molecule has 1 N–H and O–H groups in total. The summed E-state index contributed by atoms with van der Waals surface area (Å²) in [4.78, 5) is 22.2. The van der Waals surface area contributed by atoms with Gasteiger partial charge in [-0.15, -0.1) is 0 Å². The van der Waals surface area contributed by atoms with E-state index in [-0.39, 0.29) is 5.91 Å². The fourth-order valence-corrected chi connectivity index (χ4v) is 3.98. The summed E-state index contributed by atoms with van der Waals surface area (Å²) in [5.41, 5.74) is 3.09. The molecule has 2 aromatic carbocycles. The smallest absolute Gasteiger partial charge is 0.246 e. The van der Waals surface area contributed by atoms with Gasteiger partial charge in [-0.3, -0.25) is 9.78 Å². The van der Waals surface area contributed by atoms with Gasteiger partial charge >= 0.3 is 0 Å². The highest BCUT2D eigenvalue weighted by Gasteiger charge is 2.41. The molecule has 0 atom stereocenters. The molecule has 0 aliphatic carbocycles. The number of nitrogens with zero attached hydrogens (tertiary/aromatic N) is 2. The fourth-order valence-electron chi connectivity index (χ4n) is 3.98. The molecule has 6 nitrogen and oxygen atoms in total. The number of carbonyl (C=O) groups excluding carboxylic acids is 1. The summed E-state index contributed by atoms with van der Waals surface area (Å²) in [6, 6.07) is 21.0. The number of aromatic nitrogens is 2. The minimum atomic E-state index is -0.602. The second-order valence-electron chi connectivity index (χ2n) is 7.43. The molecule has 6 heteroatoms. The number of pyridine rings is 1. The zero-order valence-electron chi connectivity index (χ0n) is 16.4. The van der Waals surface area contributed by atoms with Gasteiger partial charge in [0.1, 0.15) is 11.2 Å². The zero-order chi connectivity index (χ0) is 20.4. The Morgan fingerprint density at radius 2 is 1.77 bits per heavy atom. The number of ether oxygens (including phenoxy) is 1. The van der Waals surface area contributed by atoms with Crippen molar-refractivity contribution in [1.29, 1.82) is 0 Å². The van der Waals surface area contributed by atoms with Crippen LogP contribution in [-0.2, 0) is 14.9 Å². The quantitative estimate of drug-likeness (QED) is 0.544. The lowest BCUT2D eigenvalue weighted by molar-refractivity contribution is -0.125. The molecule has 4 aromatic rings. The largest absolute Gasteiger partial charge is 0.435 e. The Kier molecular flexibility index (Phi) is 4.77. The molecule has 2 aromatic heterocycles. The molecule has 1 amide bonds. The number of carbonyl (C=O) groups is 1. The normalized spacial score (nSPS) is 15.7. The Morgan fingerprint density at radius 3 is 2.53 bits per heavy atom. The number of anilines is 1. The van der Waals surface area contributed by atoms with E-state index in [9.17, 15) is 4.79 Å². The predicted octanol–water partition coefficient (Wildman–Crippen LogP) is 4.58. The van der Waals surface area contributed by atoms with Crippen LogP contribution in [0.25, 0.3) is 22.7 Å². The number of hydrogen-bond donors (Lipinski definition) is 1. The lowest BCUT2D eigenvalue weighted by Gasteiger charge is -2.36. The van der Waals surface area contributed by atoms with Crippen molar-refractivity contribution < 1.29 is 13.9 Å². The third-order valence-corrected chi connectivity index (χ3v) is 5.64. The van der Waals surface area contributed by atoms with Crippen molar-refractivity contribution in [3.05, 3.63) is 78.5 Å². The second-order valence-corrected chi connectivity index (χ2v) is 7.43. The Morgan fingerprint density at radius 1 is 0.967 bits per heavy atom. The van der Waals surface area contributed by atoms with E-state index in [1.165, 1.54) is 0 Å². The van der Waals surface area contributed by atoms with Crippen LogP contribution in [-0.4, -0.2) is 29.1 Å². The van der Waals surface area contributed by atoms with Crippen LogP contribution in [0, 0.1) is 0 Å². The van der Waals surface area contributed by atoms with Crippen LogP contribution < -0.4 is 5.32 Å². The molecule has 1 saturated heterocycles. The van der Waals surface area contributed by atoms with Crippen molar-refractivity contribution in [2.24, 2.45) is 0 Å². The van der Waals surface area contributed by atoms with Gasteiger partial charge in [-0.25, -0.2) is 4.98 Å². The summed E-state index contributed by atoms with van der Waals surface area (Å²) in [5, 5.41) is 3.09. The highest BCUT2D eigenvalue weighted by Crippen LogP contribution is 2.36. The highest BCUT2D eigenvalue weighted by molar-refractivity contribution is 6.00. The Hall–Kier alpha value is -3.51. The van der Waals surface area contributed by atoms with Gasteiger partial charge in [0.25, 0.3) is 0 Å². The van der Waals surface area contributed by atoms with Gasteiger partial charge in [0.05, 0.1) is 5.41 Å². The van der Waals surface area contributed by atoms with Gasteiger partial charge in [-0.1, -0.05) is 36.4 Å². The molecular weight excluding hydrogens is 378 g/mol. The topological polar surface area (TPSA) is 77.3 Å². The lowest BCUT2D eigenvalue weighted by Crippen LogP contribution is -2.44.